The summed E-state index contributed by atoms with van der Waals surface area (Å²) in [5, 5.41) is 0. The van der Waals surface area contributed by atoms with E-state index in [-0.39, 0.29) is 11.9 Å². The summed E-state index contributed by atoms with van der Waals surface area (Å²) < 4.78 is 38.4. The second-order valence-electron chi connectivity index (χ2n) is 7.31. The molecule has 2 heterocycles. The predicted molar refractivity (Wildman–Crippen MR) is 105 cm³/mol. The van der Waals surface area contributed by atoms with E-state index in [0.29, 0.717) is 50.8 Å². The Bertz CT molecular complexity index is 796. The summed E-state index contributed by atoms with van der Waals surface area (Å²) in [6.45, 7) is 4.96. The van der Waals surface area contributed by atoms with Gasteiger partial charge in [0.05, 0.1) is 24.5 Å². The number of carbonyl (C=O) groups is 1. The molecule has 0 radical (unpaired) electrons. The van der Waals surface area contributed by atoms with E-state index in [1.165, 1.54) is 0 Å². The van der Waals surface area contributed by atoms with Crippen molar-refractivity contribution in [1.29, 1.82) is 0 Å². The zero-order valence-corrected chi connectivity index (χ0v) is 17.5. The molecule has 1 aromatic rings. The lowest BCUT2D eigenvalue weighted by Gasteiger charge is -2.30. The van der Waals surface area contributed by atoms with Crippen LogP contribution >= 0.6 is 0 Å². The molecule has 156 valence electrons. The Kier molecular flexibility index (Phi) is 7.09. The average Bonchev–Trinajstić information content (AvgIpc) is 3.16. The van der Waals surface area contributed by atoms with Crippen molar-refractivity contribution < 1.29 is 22.7 Å². The summed E-state index contributed by atoms with van der Waals surface area (Å²) in [5.74, 6) is 0.0482. The third-order valence-electron chi connectivity index (χ3n) is 5.50. The highest BCUT2D eigenvalue weighted by atomic mass is 32.2. The van der Waals surface area contributed by atoms with Crippen LogP contribution in [0.25, 0.3) is 0 Å². The minimum atomic E-state index is -3.57. The fourth-order valence-corrected chi connectivity index (χ4v) is 5.72. The Morgan fingerprint density at radius 3 is 2.82 bits per heavy atom. The topological polar surface area (TPSA) is 76.2 Å². The Morgan fingerprint density at radius 1 is 1.25 bits per heavy atom. The van der Waals surface area contributed by atoms with Gasteiger partial charge in [-0.3, -0.25) is 4.79 Å². The van der Waals surface area contributed by atoms with Crippen molar-refractivity contribution in [2.75, 3.05) is 40.0 Å². The third kappa shape index (κ3) is 4.56. The number of ether oxygens (including phenoxy) is 2. The minimum absolute atomic E-state index is 0.0482. The molecule has 1 amide bonds. The van der Waals surface area contributed by atoms with Crippen LogP contribution in [0.15, 0.2) is 23.1 Å². The number of hydrogen-bond acceptors (Lipinski definition) is 5. The summed E-state index contributed by atoms with van der Waals surface area (Å²) in [4.78, 5) is 14.5. The van der Waals surface area contributed by atoms with Crippen LogP contribution in [0, 0.1) is 0 Å². The predicted octanol–water partition coefficient (Wildman–Crippen LogP) is 1.80. The Hall–Kier alpha value is -1.48. The third-order valence-corrected chi connectivity index (χ3v) is 7.44. The number of carbonyl (C=O) groups excluding carboxylic acids is 1. The van der Waals surface area contributed by atoms with Gasteiger partial charge in [-0.25, -0.2) is 8.42 Å². The van der Waals surface area contributed by atoms with Crippen molar-refractivity contribution >= 4 is 15.9 Å². The maximum atomic E-state index is 13.2. The quantitative estimate of drug-likeness (QED) is 0.611. The van der Waals surface area contributed by atoms with Gasteiger partial charge >= 0.3 is 0 Å². The molecular weight excluding hydrogens is 380 g/mol. The number of methoxy groups -OCH3 is 1. The molecule has 0 N–H and O–H groups in total. The van der Waals surface area contributed by atoms with E-state index in [1.54, 1.807) is 28.4 Å². The van der Waals surface area contributed by atoms with Crippen LogP contribution in [-0.2, 0) is 37.3 Å². The van der Waals surface area contributed by atoms with Crippen LogP contribution in [0.5, 0.6) is 0 Å². The Balaban J connectivity index is 1.76. The van der Waals surface area contributed by atoms with Gasteiger partial charge in [-0.1, -0.05) is 6.07 Å². The highest BCUT2D eigenvalue weighted by Crippen LogP contribution is 2.29. The molecule has 0 aliphatic carbocycles. The minimum Gasteiger partial charge on any atom is -0.383 e. The fourth-order valence-electron chi connectivity index (χ4n) is 3.99. The normalized spacial score (nSPS) is 20.4. The molecule has 7 nitrogen and oxygen atoms in total. The lowest BCUT2D eigenvalue weighted by Crippen LogP contribution is -2.39. The molecule has 1 aromatic carbocycles. The monoisotopic (exact) mass is 410 g/mol. The van der Waals surface area contributed by atoms with Gasteiger partial charge in [0.2, 0.25) is 15.9 Å². The van der Waals surface area contributed by atoms with E-state index in [1.807, 2.05) is 13.0 Å². The van der Waals surface area contributed by atoms with Crippen molar-refractivity contribution in [1.82, 2.24) is 9.21 Å². The summed E-state index contributed by atoms with van der Waals surface area (Å²) in [7, 11) is -1.97. The number of amides is 1. The molecule has 2 aliphatic rings. The van der Waals surface area contributed by atoms with Gasteiger partial charge in [-0.2, -0.15) is 4.31 Å². The molecule has 1 fully saturated rings. The second-order valence-corrected chi connectivity index (χ2v) is 9.20. The molecule has 2 aliphatic heterocycles. The fraction of sp³-hybridized carbons (Fsp3) is 0.650. The summed E-state index contributed by atoms with van der Waals surface area (Å²) in [6, 6.07) is 5.23. The summed E-state index contributed by atoms with van der Waals surface area (Å²) in [6.07, 6.45) is 2.76. The van der Waals surface area contributed by atoms with E-state index >= 15 is 0 Å². The standard InChI is InChI=1S/C20H30N2O5S/c1-3-27-12-9-20(23)21-11-8-16-6-7-19(13-17(16)14-21)28(24,25)22-10-4-5-18(22)15-26-2/h6-7,13,18H,3-5,8-12,14-15H2,1-2H3/t18-/m1/s1. The molecule has 8 heteroatoms. The van der Waals surface area contributed by atoms with Crippen LogP contribution < -0.4 is 0 Å². The molecule has 0 spiro atoms. The van der Waals surface area contributed by atoms with Crippen LogP contribution in [0.2, 0.25) is 0 Å². The molecular formula is C20H30N2O5S. The van der Waals surface area contributed by atoms with E-state index in [9.17, 15) is 13.2 Å². The van der Waals surface area contributed by atoms with Gasteiger partial charge in [0.25, 0.3) is 0 Å². The first-order valence-electron chi connectivity index (χ1n) is 9.95. The van der Waals surface area contributed by atoms with Crippen molar-refractivity contribution in [2.45, 2.75) is 50.1 Å². The van der Waals surface area contributed by atoms with Gasteiger partial charge in [0, 0.05) is 39.4 Å². The van der Waals surface area contributed by atoms with Crippen molar-refractivity contribution in [3.8, 4) is 0 Å². The van der Waals surface area contributed by atoms with Crippen LogP contribution in [0.3, 0.4) is 0 Å². The zero-order valence-electron chi connectivity index (χ0n) is 16.7. The van der Waals surface area contributed by atoms with Crippen molar-refractivity contribution in [3.63, 3.8) is 0 Å². The van der Waals surface area contributed by atoms with Gasteiger partial charge in [-0.15, -0.1) is 0 Å². The maximum absolute atomic E-state index is 13.2. The van der Waals surface area contributed by atoms with Gasteiger partial charge < -0.3 is 14.4 Å². The van der Waals surface area contributed by atoms with Crippen molar-refractivity contribution in [3.05, 3.63) is 29.3 Å². The van der Waals surface area contributed by atoms with E-state index in [4.69, 9.17) is 9.47 Å². The molecule has 28 heavy (non-hydrogen) atoms. The molecule has 3 rings (SSSR count). The van der Waals surface area contributed by atoms with Gasteiger partial charge in [-0.05, 0) is 49.4 Å². The number of rotatable bonds is 8. The largest absolute Gasteiger partial charge is 0.383 e. The number of nitrogens with zero attached hydrogens (tertiary/aromatic N) is 2. The Labute approximate surface area is 167 Å². The van der Waals surface area contributed by atoms with E-state index < -0.39 is 10.0 Å². The van der Waals surface area contributed by atoms with E-state index in [2.05, 4.69) is 0 Å². The highest BCUT2D eigenvalue weighted by Gasteiger charge is 2.35. The Morgan fingerprint density at radius 2 is 2.07 bits per heavy atom. The SMILES string of the molecule is CCOCCC(=O)N1CCc2ccc(S(=O)(=O)N3CCC[C@@H]3COC)cc2C1. The molecule has 1 atom stereocenters. The van der Waals surface area contributed by atoms with Crippen LogP contribution in [-0.4, -0.2) is 69.6 Å². The summed E-state index contributed by atoms with van der Waals surface area (Å²) in [5.41, 5.74) is 2.03. The molecule has 1 saturated heterocycles. The highest BCUT2D eigenvalue weighted by molar-refractivity contribution is 7.89. The summed E-state index contributed by atoms with van der Waals surface area (Å²) >= 11 is 0. The lowest BCUT2D eigenvalue weighted by molar-refractivity contribution is -0.133. The van der Waals surface area contributed by atoms with E-state index in [0.717, 1.165) is 30.4 Å². The van der Waals surface area contributed by atoms with Crippen LogP contribution in [0.1, 0.15) is 37.3 Å². The number of fused-ring (bicyclic) bond motifs is 1. The average molecular weight is 411 g/mol. The second kappa shape index (κ2) is 9.35. The molecule has 0 saturated carbocycles. The van der Waals surface area contributed by atoms with Gasteiger partial charge in [0.15, 0.2) is 0 Å². The first kappa shape index (κ1) is 21.2. The number of hydrogen-bond donors (Lipinski definition) is 0. The van der Waals surface area contributed by atoms with Crippen molar-refractivity contribution in [2.24, 2.45) is 0 Å². The number of sulfonamides is 1. The first-order chi connectivity index (χ1) is 13.5. The molecule has 0 unspecified atom stereocenters. The first-order valence-corrected chi connectivity index (χ1v) is 11.4. The van der Waals surface area contributed by atoms with Gasteiger partial charge in [0.1, 0.15) is 0 Å². The molecule has 0 bridgehead atoms. The number of benzene rings is 1. The smallest absolute Gasteiger partial charge is 0.243 e. The van der Waals surface area contributed by atoms with Crippen LogP contribution in [0.4, 0.5) is 0 Å². The zero-order chi connectivity index (χ0) is 20.1. The molecule has 0 aromatic heterocycles. The maximum Gasteiger partial charge on any atom is 0.243 e. The lowest BCUT2D eigenvalue weighted by atomic mass is 10.00.